The predicted octanol–water partition coefficient (Wildman–Crippen LogP) is 2.48. The van der Waals surface area contributed by atoms with E-state index in [0.717, 1.165) is 16.7 Å². The molecule has 1 aromatic rings. The van der Waals surface area contributed by atoms with Crippen LogP contribution in [0.1, 0.15) is 32.3 Å². The Morgan fingerprint density at radius 3 is 2.16 bits per heavy atom. The van der Waals surface area contributed by atoms with E-state index in [9.17, 15) is 19.5 Å². The molecule has 0 unspecified atom stereocenters. The number of allylic oxidation sites excluding steroid dienone is 2. The molecule has 7 heteroatoms. The number of hydrogen-bond acceptors (Lipinski definition) is 3. The summed E-state index contributed by atoms with van der Waals surface area (Å²) < 4.78 is 0. The molecule has 1 aliphatic carbocycles. The van der Waals surface area contributed by atoms with E-state index >= 15 is 0 Å². The molecule has 2 atom stereocenters. The van der Waals surface area contributed by atoms with E-state index in [1.54, 1.807) is 24.3 Å². The van der Waals surface area contributed by atoms with Crippen LogP contribution < -0.4 is 10.9 Å². The summed E-state index contributed by atoms with van der Waals surface area (Å²) in [6.07, 6.45) is 0.808. The van der Waals surface area contributed by atoms with Crippen LogP contribution in [-0.4, -0.2) is 22.9 Å². The summed E-state index contributed by atoms with van der Waals surface area (Å²) >= 11 is 5.79. The third kappa shape index (κ3) is 5.06. The van der Waals surface area contributed by atoms with Crippen LogP contribution >= 0.6 is 11.6 Å². The normalized spacial score (nSPS) is 20.1. The van der Waals surface area contributed by atoms with Crippen molar-refractivity contribution in [3.8, 4) is 0 Å². The molecule has 0 spiro atoms. The number of hydrazine groups is 1. The molecule has 0 aliphatic heterocycles. The van der Waals surface area contributed by atoms with Crippen LogP contribution in [0, 0.1) is 11.8 Å². The minimum absolute atomic E-state index is 0.0858. The van der Waals surface area contributed by atoms with E-state index in [-0.39, 0.29) is 12.3 Å². The standard InChI is InChI=1S/C18H21ClN2O4/c1-10-7-14(15(18(24)25)8-11(10)2)17(23)21-20-16(22)9-12-3-5-13(19)6-4-12/h3-6,14-15H,7-9H2,1-2H3,(H,20,22)(H,21,23)(H,24,25)/t14-,15-/m1/s1. The highest BCUT2D eigenvalue weighted by atomic mass is 35.5. The molecule has 2 rings (SSSR count). The van der Waals surface area contributed by atoms with Crippen LogP contribution in [-0.2, 0) is 20.8 Å². The summed E-state index contributed by atoms with van der Waals surface area (Å²) in [7, 11) is 0. The van der Waals surface area contributed by atoms with Gasteiger partial charge in [-0.1, -0.05) is 34.9 Å². The fourth-order valence-electron chi connectivity index (χ4n) is 2.88. The molecule has 0 aromatic heterocycles. The molecular weight excluding hydrogens is 344 g/mol. The van der Waals surface area contributed by atoms with Crippen LogP contribution in [0.15, 0.2) is 35.4 Å². The Hall–Kier alpha value is -2.34. The zero-order valence-electron chi connectivity index (χ0n) is 14.1. The molecule has 0 saturated carbocycles. The van der Waals surface area contributed by atoms with Crippen molar-refractivity contribution >= 4 is 29.4 Å². The smallest absolute Gasteiger partial charge is 0.307 e. The summed E-state index contributed by atoms with van der Waals surface area (Å²) in [5.74, 6) is -3.35. The van der Waals surface area contributed by atoms with Gasteiger partial charge in [-0.05, 0) is 44.4 Å². The van der Waals surface area contributed by atoms with Gasteiger partial charge in [0.15, 0.2) is 0 Å². The van der Waals surface area contributed by atoms with E-state index in [2.05, 4.69) is 10.9 Å². The zero-order valence-corrected chi connectivity index (χ0v) is 14.9. The van der Waals surface area contributed by atoms with Gasteiger partial charge in [0.2, 0.25) is 11.8 Å². The third-order valence-corrected chi connectivity index (χ3v) is 4.78. The van der Waals surface area contributed by atoms with Crippen molar-refractivity contribution in [3.05, 3.63) is 46.0 Å². The summed E-state index contributed by atoms with van der Waals surface area (Å²) in [5, 5.41) is 9.93. The van der Waals surface area contributed by atoms with Crippen LogP contribution in [0.3, 0.4) is 0 Å². The van der Waals surface area contributed by atoms with Gasteiger partial charge in [0.1, 0.15) is 0 Å². The highest BCUT2D eigenvalue weighted by molar-refractivity contribution is 6.30. The van der Waals surface area contributed by atoms with E-state index in [1.165, 1.54) is 0 Å². The molecular formula is C18H21ClN2O4. The quantitative estimate of drug-likeness (QED) is 0.565. The van der Waals surface area contributed by atoms with E-state index < -0.39 is 23.7 Å². The van der Waals surface area contributed by atoms with Gasteiger partial charge in [-0.25, -0.2) is 0 Å². The van der Waals surface area contributed by atoms with Gasteiger partial charge in [0.25, 0.3) is 0 Å². The molecule has 134 valence electrons. The lowest BCUT2D eigenvalue weighted by Gasteiger charge is -2.29. The maximum absolute atomic E-state index is 12.3. The Balaban J connectivity index is 1.93. The summed E-state index contributed by atoms with van der Waals surface area (Å²) in [6, 6.07) is 6.81. The number of amides is 2. The number of halogens is 1. The molecule has 0 radical (unpaired) electrons. The molecule has 0 heterocycles. The van der Waals surface area contributed by atoms with Crippen LogP contribution in [0.25, 0.3) is 0 Å². The average Bonchev–Trinajstić information content (AvgIpc) is 2.56. The Labute approximate surface area is 151 Å². The molecule has 3 N–H and O–H groups in total. The van der Waals surface area contributed by atoms with E-state index in [4.69, 9.17) is 11.6 Å². The molecule has 25 heavy (non-hydrogen) atoms. The zero-order chi connectivity index (χ0) is 18.6. The average molecular weight is 365 g/mol. The van der Waals surface area contributed by atoms with E-state index in [1.807, 2.05) is 13.8 Å². The topological polar surface area (TPSA) is 95.5 Å². The molecule has 0 saturated heterocycles. The third-order valence-electron chi connectivity index (χ3n) is 4.52. The minimum Gasteiger partial charge on any atom is -0.481 e. The first kappa shape index (κ1) is 19.0. The summed E-state index contributed by atoms with van der Waals surface area (Å²) in [6.45, 7) is 3.78. The Morgan fingerprint density at radius 2 is 1.60 bits per heavy atom. The second kappa shape index (κ2) is 8.16. The number of carboxylic acid groups (broad SMARTS) is 1. The molecule has 1 aromatic carbocycles. The summed E-state index contributed by atoms with van der Waals surface area (Å²) in [4.78, 5) is 35.7. The molecule has 1 aliphatic rings. The maximum atomic E-state index is 12.3. The molecule has 0 fully saturated rings. The number of benzene rings is 1. The SMILES string of the molecule is CC1=C(C)C[C@@H](C(=O)NNC(=O)Cc2ccc(Cl)cc2)[C@H](C(=O)O)C1. The summed E-state index contributed by atoms with van der Waals surface area (Å²) in [5.41, 5.74) is 7.48. The lowest BCUT2D eigenvalue weighted by Crippen LogP contribution is -2.48. The van der Waals surface area contributed by atoms with Gasteiger partial charge in [0.05, 0.1) is 18.3 Å². The largest absolute Gasteiger partial charge is 0.481 e. The number of carbonyl (C=O) groups is 3. The molecule has 2 amide bonds. The van der Waals surface area contributed by atoms with Crippen molar-refractivity contribution < 1.29 is 19.5 Å². The van der Waals surface area contributed by atoms with Gasteiger partial charge in [0, 0.05) is 5.02 Å². The molecule has 6 nitrogen and oxygen atoms in total. The fourth-order valence-corrected chi connectivity index (χ4v) is 3.01. The van der Waals surface area contributed by atoms with Crippen molar-refractivity contribution in [1.82, 2.24) is 10.9 Å². The first-order valence-corrected chi connectivity index (χ1v) is 8.37. The predicted molar refractivity (Wildman–Crippen MR) is 93.7 cm³/mol. The van der Waals surface area contributed by atoms with Gasteiger partial charge in [-0.2, -0.15) is 0 Å². The van der Waals surface area contributed by atoms with Crippen LogP contribution in [0.2, 0.25) is 5.02 Å². The first-order valence-electron chi connectivity index (χ1n) is 7.99. The lowest BCUT2D eigenvalue weighted by atomic mass is 9.76. The van der Waals surface area contributed by atoms with Crippen molar-refractivity contribution in [2.75, 3.05) is 0 Å². The van der Waals surface area contributed by atoms with Crippen molar-refractivity contribution in [2.24, 2.45) is 11.8 Å². The van der Waals surface area contributed by atoms with Gasteiger partial charge >= 0.3 is 5.97 Å². The Kier molecular flexibility index (Phi) is 6.20. The Morgan fingerprint density at radius 1 is 1.04 bits per heavy atom. The van der Waals surface area contributed by atoms with Crippen molar-refractivity contribution in [3.63, 3.8) is 0 Å². The molecule has 0 bridgehead atoms. The van der Waals surface area contributed by atoms with Gasteiger partial charge in [-0.15, -0.1) is 0 Å². The number of aliphatic carboxylic acids is 1. The van der Waals surface area contributed by atoms with Crippen molar-refractivity contribution in [2.45, 2.75) is 33.1 Å². The van der Waals surface area contributed by atoms with Gasteiger partial charge in [-0.3, -0.25) is 25.2 Å². The lowest BCUT2D eigenvalue weighted by molar-refractivity contribution is -0.148. The highest BCUT2D eigenvalue weighted by Gasteiger charge is 2.37. The number of carbonyl (C=O) groups excluding carboxylic acids is 2. The second-order valence-corrected chi connectivity index (χ2v) is 6.80. The first-order chi connectivity index (χ1) is 11.8. The highest BCUT2D eigenvalue weighted by Crippen LogP contribution is 2.34. The number of rotatable bonds is 4. The van der Waals surface area contributed by atoms with Crippen LogP contribution in [0.4, 0.5) is 0 Å². The second-order valence-electron chi connectivity index (χ2n) is 6.36. The van der Waals surface area contributed by atoms with Crippen LogP contribution in [0.5, 0.6) is 0 Å². The number of carboxylic acids is 1. The van der Waals surface area contributed by atoms with Gasteiger partial charge < -0.3 is 5.11 Å². The number of hydrogen-bond donors (Lipinski definition) is 3. The maximum Gasteiger partial charge on any atom is 0.307 e. The Bertz CT molecular complexity index is 712. The van der Waals surface area contributed by atoms with Crippen molar-refractivity contribution in [1.29, 1.82) is 0 Å². The van der Waals surface area contributed by atoms with E-state index in [0.29, 0.717) is 17.9 Å². The fraction of sp³-hybridized carbons (Fsp3) is 0.389. The monoisotopic (exact) mass is 364 g/mol. The number of nitrogens with one attached hydrogen (secondary N) is 2. The minimum atomic E-state index is -1.00.